The van der Waals surface area contributed by atoms with Crippen molar-refractivity contribution in [3.8, 4) is 0 Å². The van der Waals surface area contributed by atoms with E-state index in [1.165, 1.54) is 12.1 Å². The van der Waals surface area contributed by atoms with E-state index in [-0.39, 0.29) is 11.1 Å². The Bertz CT molecular complexity index is 582. The zero-order valence-corrected chi connectivity index (χ0v) is 11.9. The van der Waals surface area contributed by atoms with Crippen molar-refractivity contribution in [3.63, 3.8) is 0 Å². The molecule has 100 valence electrons. The largest absolute Gasteiger partial charge is 0.548 e. The lowest BCUT2D eigenvalue weighted by Crippen LogP contribution is -2.53. The fourth-order valence-electron chi connectivity index (χ4n) is 2.16. The van der Waals surface area contributed by atoms with Crippen molar-refractivity contribution < 1.29 is 19.5 Å². The summed E-state index contributed by atoms with van der Waals surface area (Å²) in [6, 6.07) is 3.40. The van der Waals surface area contributed by atoms with Gasteiger partial charge < -0.3 is 9.90 Å². The van der Waals surface area contributed by atoms with Crippen LogP contribution in [-0.4, -0.2) is 28.7 Å². The monoisotopic (exact) mass is 324 g/mol. The number of fused-ring (bicyclic) bond motifs is 1. The van der Waals surface area contributed by atoms with Crippen LogP contribution in [0.4, 0.5) is 0 Å². The van der Waals surface area contributed by atoms with Crippen molar-refractivity contribution in [2.75, 3.05) is 0 Å². The number of rotatable bonds is 3. The first kappa shape index (κ1) is 13.7. The van der Waals surface area contributed by atoms with Crippen LogP contribution in [0.5, 0.6) is 0 Å². The number of imide groups is 1. The molecule has 0 saturated heterocycles. The molecule has 0 spiro atoms. The van der Waals surface area contributed by atoms with Crippen molar-refractivity contribution in [1.29, 1.82) is 0 Å². The average Bonchev–Trinajstić information content (AvgIpc) is 2.53. The maximum absolute atomic E-state index is 12.2. The van der Waals surface area contributed by atoms with Gasteiger partial charge >= 0.3 is 0 Å². The summed E-state index contributed by atoms with van der Waals surface area (Å²) >= 11 is 3.22. The van der Waals surface area contributed by atoms with Crippen LogP contribution in [0.2, 0.25) is 0 Å². The second-order valence-corrected chi connectivity index (χ2v) is 5.59. The van der Waals surface area contributed by atoms with Crippen LogP contribution < -0.4 is 5.11 Å². The molecule has 5 nitrogen and oxygen atoms in total. The van der Waals surface area contributed by atoms with Crippen LogP contribution in [0, 0.1) is 5.92 Å². The lowest BCUT2D eigenvalue weighted by Gasteiger charge is -2.30. The molecule has 0 aliphatic carbocycles. The van der Waals surface area contributed by atoms with E-state index in [0.717, 1.165) is 4.90 Å². The highest BCUT2D eigenvalue weighted by Crippen LogP contribution is 2.29. The summed E-state index contributed by atoms with van der Waals surface area (Å²) in [5, 5.41) is 11.2. The fourth-order valence-corrected chi connectivity index (χ4v) is 2.52. The summed E-state index contributed by atoms with van der Waals surface area (Å²) in [6.45, 7) is 3.25. The Morgan fingerprint density at radius 2 is 1.79 bits per heavy atom. The molecule has 0 N–H and O–H groups in total. The maximum atomic E-state index is 12.2. The molecule has 0 bridgehead atoms. The Labute approximate surface area is 118 Å². The quantitative estimate of drug-likeness (QED) is 0.771. The topological polar surface area (TPSA) is 77.5 Å². The Morgan fingerprint density at radius 1 is 1.21 bits per heavy atom. The molecular formula is C13H11BrNO4-. The van der Waals surface area contributed by atoms with Gasteiger partial charge in [0.25, 0.3) is 11.8 Å². The van der Waals surface area contributed by atoms with Gasteiger partial charge in [0.1, 0.15) is 0 Å². The first-order valence-electron chi connectivity index (χ1n) is 5.73. The molecule has 0 aromatic heterocycles. The van der Waals surface area contributed by atoms with Crippen LogP contribution in [0.3, 0.4) is 0 Å². The van der Waals surface area contributed by atoms with Crippen LogP contribution in [0.15, 0.2) is 22.7 Å². The van der Waals surface area contributed by atoms with E-state index in [1.807, 2.05) is 0 Å². The Hall–Kier alpha value is -1.69. The van der Waals surface area contributed by atoms with E-state index >= 15 is 0 Å². The van der Waals surface area contributed by atoms with Gasteiger partial charge in [0.15, 0.2) is 0 Å². The van der Waals surface area contributed by atoms with Gasteiger partial charge in [-0.25, -0.2) is 0 Å². The Balaban J connectivity index is 2.50. The zero-order valence-electron chi connectivity index (χ0n) is 10.3. The number of hydrogen-bond acceptors (Lipinski definition) is 4. The summed E-state index contributed by atoms with van der Waals surface area (Å²) in [5.74, 6) is -3.03. The lowest BCUT2D eigenvalue weighted by atomic mass is 10.0. The second-order valence-electron chi connectivity index (χ2n) is 4.68. The van der Waals surface area contributed by atoms with E-state index in [2.05, 4.69) is 15.9 Å². The summed E-state index contributed by atoms with van der Waals surface area (Å²) in [7, 11) is 0. The molecule has 0 radical (unpaired) electrons. The molecule has 1 heterocycles. The van der Waals surface area contributed by atoms with Crippen molar-refractivity contribution >= 4 is 33.7 Å². The van der Waals surface area contributed by atoms with Gasteiger partial charge in [-0.15, -0.1) is 0 Å². The number of nitrogens with zero attached hydrogens (tertiary/aromatic N) is 1. The predicted molar refractivity (Wildman–Crippen MR) is 68.3 cm³/mol. The third-order valence-corrected chi connectivity index (χ3v) is 3.52. The van der Waals surface area contributed by atoms with Crippen LogP contribution in [-0.2, 0) is 4.79 Å². The molecule has 2 amide bonds. The molecule has 0 saturated carbocycles. The smallest absolute Gasteiger partial charge is 0.262 e. The van der Waals surface area contributed by atoms with Crippen molar-refractivity contribution in [2.45, 2.75) is 19.9 Å². The first-order valence-corrected chi connectivity index (χ1v) is 6.52. The summed E-state index contributed by atoms with van der Waals surface area (Å²) in [4.78, 5) is 36.3. The molecule has 1 aromatic rings. The van der Waals surface area contributed by atoms with Gasteiger partial charge in [-0.2, -0.15) is 0 Å². The van der Waals surface area contributed by atoms with Crippen molar-refractivity contribution in [2.24, 2.45) is 5.92 Å². The third-order valence-electron chi connectivity index (χ3n) is 3.03. The maximum Gasteiger partial charge on any atom is 0.262 e. The number of carboxylic acids is 1. The number of hydrogen-bond donors (Lipinski definition) is 0. The third kappa shape index (κ3) is 2.16. The van der Waals surface area contributed by atoms with Gasteiger partial charge in [0.05, 0.1) is 23.1 Å². The van der Waals surface area contributed by atoms with Gasteiger partial charge in [-0.05, 0) is 24.1 Å². The highest BCUT2D eigenvalue weighted by Gasteiger charge is 2.41. The zero-order chi connectivity index (χ0) is 14.3. The predicted octanol–water partition coefficient (Wildman–Crippen LogP) is 0.820. The van der Waals surface area contributed by atoms with Crippen molar-refractivity contribution in [3.05, 3.63) is 33.8 Å². The van der Waals surface area contributed by atoms with E-state index in [1.54, 1.807) is 19.9 Å². The van der Waals surface area contributed by atoms with E-state index in [0.29, 0.717) is 4.47 Å². The standard InChI is InChI=1S/C13H12BrNO4/c1-6(2)10(13(18)19)15-11(16)8-4-3-7(14)5-9(8)12(15)17/h3-6,10H,1-2H3,(H,18,19)/p-1/t10-/m1/s1. The van der Waals surface area contributed by atoms with Gasteiger partial charge in [-0.3, -0.25) is 14.5 Å². The van der Waals surface area contributed by atoms with E-state index in [9.17, 15) is 19.5 Å². The number of amides is 2. The van der Waals surface area contributed by atoms with Crippen LogP contribution >= 0.6 is 15.9 Å². The minimum absolute atomic E-state index is 0.214. The molecule has 6 heteroatoms. The number of carbonyl (C=O) groups is 3. The van der Waals surface area contributed by atoms with Gasteiger partial charge in [0.2, 0.25) is 0 Å². The molecule has 1 aromatic carbocycles. The Kier molecular flexibility index (Phi) is 3.45. The van der Waals surface area contributed by atoms with Crippen LogP contribution in [0.1, 0.15) is 34.6 Å². The average molecular weight is 325 g/mol. The van der Waals surface area contributed by atoms with Gasteiger partial charge in [0, 0.05) is 4.47 Å². The highest BCUT2D eigenvalue weighted by atomic mass is 79.9. The normalized spacial score (nSPS) is 15.9. The molecule has 1 aliphatic rings. The molecular weight excluding hydrogens is 314 g/mol. The molecule has 2 rings (SSSR count). The molecule has 0 unspecified atom stereocenters. The molecule has 0 fully saturated rings. The molecule has 19 heavy (non-hydrogen) atoms. The SMILES string of the molecule is CC(C)[C@H](C(=O)[O-])N1C(=O)c2ccc(Br)cc2C1=O. The molecule has 1 atom stereocenters. The molecule has 1 aliphatic heterocycles. The lowest BCUT2D eigenvalue weighted by molar-refractivity contribution is -0.311. The summed E-state index contributed by atoms with van der Waals surface area (Å²) in [6.07, 6.45) is 0. The minimum atomic E-state index is -1.43. The first-order chi connectivity index (χ1) is 8.84. The highest BCUT2D eigenvalue weighted by molar-refractivity contribution is 9.10. The summed E-state index contributed by atoms with van der Waals surface area (Å²) in [5.41, 5.74) is 0.436. The minimum Gasteiger partial charge on any atom is -0.548 e. The number of benzene rings is 1. The van der Waals surface area contributed by atoms with Crippen molar-refractivity contribution in [1.82, 2.24) is 4.90 Å². The van der Waals surface area contributed by atoms with E-state index in [4.69, 9.17) is 0 Å². The van der Waals surface area contributed by atoms with E-state index < -0.39 is 29.7 Å². The van der Waals surface area contributed by atoms with Gasteiger partial charge in [-0.1, -0.05) is 29.8 Å². The number of carboxylic acid groups (broad SMARTS) is 1. The fraction of sp³-hybridized carbons (Fsp3) is 0.308. The second kappa shape index (κ2) is 4.77. The number of aliphatic carboxylic acids is 1. The number of carbonyl (C=O) groups excluding carboxylic acids is 3. The Morgan fingerprint density at radius 3 is 2.32 bits per heavy atom. The van der Waals surface area contributed by atoms with Crippen LogP contribution in [0.25, 0.3) is 0 Å². The number of halogens is 1. The summed E-state index contributed by atoms with van der Waals surface area (Å²) < 4.78 is 0.656.